The quantitative estimate of drug-likeness (QED) is 0.863. The Labute approximate surface area is 143 Å². The highest BCUT2D eigenvalue weighted by molar-refractivity contribution is 5.97. The third-order valence-electron chi connectivity index (χ3n) is 4.76. The van der Waals surface area contributed by atoms with Gasteiger partial charge in [0.15, 0.2) is 5.82 Å². The minimum atomic E-state index is -0.164. The third kappa shape index (κ3) is 3.45. The van der Waals surface area contributed by atoms with Crippen LogP contribution < -0.4 is 5.32 Å². The number of nitrogens with zero attached hydrogens (tertiary/aromatic N) is 4. The predicted octanol–water partition coefficient (Wildman–Crippen LogP) is 0.747. The number of carbonyl (C=O) groups excluding carboxylic acids is 2. The summed E-state index contributed by atoms with van der Waals surface area (Å²) >= 11 is 0. The van der Waals surface area contributed by atoms with E-state index >= 15 is 0 Å². The first kappa shape index (κ1) is 17.0. The summed E-state index contributed by atoms with van der Waals surface area (Å²) in [5, 5.41) is 2.92. The summed E-state index contributed by atoms with van der Waals surface area (Å²) in [4.78, 5) is 33.6. The fraction of sp³-hybridized carbons (Fsp3) is 0.706. The number of rotatable bonds is 5. The lowest BCUT2D eigenvalue weighted by molar-refractivity contribution is 0.0774. The van der Waals surface area contributed by atoms with E-state index in [1.165, 1.54) is 0 Å². The number of hydrogen-bond acceptors (Lipinski definition) is 4. The van der Waals surface area contributed by atoms with Gasteiger partial charge in [-0.05, 0) is 46.2 Å². The van der Waals surface area contributed by atoms with Crippen molar-refractivity contribution in [3.05, 3.63) is 17.2 Å². The SMILES string of the molecule is CN(C)CCNC(=O)c1nc(C(=O)N2CCCC2)n2c1CCCC2. The first-order chi connectivity index (χ1) is 11.6. The zero-order valence-electron chi connectivity index (χ0n) is 14.7. The highest BCUT2D eigenvalue weighted by atomic mass is 16.2. The van der Waals surface area contributed by atoms with E-state index in [4.69, 9.17) is 0 Å². The second-order valence-electron chi connectivity index (χ2n) is 6.90. The van der Waals surface area contributed by atoms with E-state index in [9.17, 15) is 9.59 Å². The van der Waals surface area contributed by atoms with Crippen LogP contribution in [0.25, 0.3) is 0 Å². The standard InChI is InChI=1S/C17H27N5O2/c1-20(2)12-8-18-16(23)14-13-7-3-4-11-22(13)15(19-14)17(24)21-9-5-6-10-21/h3-12H2,1-2H3,(H,18,23). The second kappa shape index (κ2) is 7.34. The van der Waals surface area contributed by atoms with Crippen molar-refractivity contribution in [3.8, 4) is 0 Å². The Morgan fingerprint density at radius 3 is 2.54 bits per heavy atom. The van der Waals surface area contributed by atoms with Crippen molar-refractivity contribution in [1.29, 1.82) is 0 Å². The van der Waals surface area contributed by atoms with Crippen molar-refractivity contribution >= 4 is 11.8 Å². The summed E-state index contributed by atoms with van der Waals surface area (Å²) < 4.78 is 1.98. The number of hydrogen-bond donors (Lipinski definition) is 1. The average Bonchev–Trinajstić information content (AvgIpc) is 3.22. The molecule has 0 atom stereocenters. The van der Waals surface area contributed by atoms with Gasteiger partial charge >= 0.3 is 0 Å². The fourth-order valence-corrected chi connectivity index (χ4v) is 3.43. The highest BCUT2D eigenvalue weighted by Gasteiger charge is 2.30. The van der Waals surface area contributed by atoms with Crippen LogP contribution in [-0.4, -0.2) is 71.4 Å². The van der Waals surface area contributed by atoms with Crippen LogP contribution in [0.3, 0.4) is 0 Å². The van der Waals surface area contributed by atoms with E-state index in [-0.39, 0.29) is 11.8 Å². The minimum Gasteiger partial charge on any atom is -0.349 e. The molecule has 2 aliphatic heterocycles. The van der Waals surface area contributed by atoms with E-state index in [0.717, 1.165) is 64.0 Å². The van der Waals surface area contributed by atoms with Gasteiger partial charge in [-0.3, -0.25) is 9.59 Å². The molecule has 0 aromatic carbocycles. The molecule has 7 heteroatoms. The molecule has 1 aromatic rings. The molecule has 24 heavy (non-hydrogen) atoms. The first-order valence-electron chi connectivity index (χ1n) is 8.89. The van der Waals surface area contributed by atoms with E-state index in [1.54, 1.807) is 0 Å². The van der Waals surface area contributed by atoms with Gasteiger partial charge in [0, 0.05) is 32.7 Å². The Morgan fingerprint density at radius 2 is 1.83 bits per heavy atom. The third-order valence-corrected chi connectivity index (χ3v) is 4.76. The van der Waals surface area contributed by atoms with Crippen LogP contribution in [0.1, 0.15) is 52.5 Å². The zero-order chi connectivity index (χ0) is 17.1. The Morgan fingerprint density at radius 1 is 1.12 bits per heavy atom. The van der Waals surface area contributed by atoms with Crippen molar-refractivity contribution in [2.45, 2.75) is 38.6 Å². The molecular weight excluding hydrogens is 306 g/mol. The van der Waals surface area contributed by atoms with Crippen molar-refractivity contribution in [1.82, 2.24) is 24.7 Å². The number of amides is 2. The fourth-order valence-electron chi connectivity index (χ4n) is 3.43. The van der Waals surface area contributed by atoms with Crippen molar-refractivity contribution in [2.24, 2.45) is 0 Å². The maximum absolute atomic E-state index is 12.8. The summed E-state index contributed by atoms with van der Waals surface area (Å²) in [5.41, 5.74) is 1.36. The number of likely N-dealkylation sites (tertiary alicyclic amines) is 1. The molecule has 2 amide bonds. The summed E-state index contributed by atoms with van der Waals surface area (Å²) in [6.07, 6.45) is 5.00. The number of likely N-dealkylation sites (N-methyl/N-ethyl adjacent to an activating group) is 1. The largest absolute Gasteiger partial charge is 0.349 e. The number of carbonyl (C=O) groups is 2. The Hall–Kier alpha value is -1.89. The molecule has 3 rings (SSSR count). The minimum absolute atomic E-state index is 0.0250. The summed E-state index contributed by atoms with van der Waals surface area (Å²) in [6, 6.07) is 0. The van der Waals surface area contributed by atoms with Crippen LogP contribution in [0, 0.1) is 0 Å². The molecule has 1 saturated heterocycles. The number of aromatic nitrogens is 2. The van der Waals surface area contributed by atoms with Gasteiger partial charge in [-0.2, -0.15) is 0 Å². The van der Waals surface area contributed by atoms with Crippen LogP contribution in [0.15, 0.2) is 0 Å². The zero-order valence-corrected chi connectivity index (χ0v) is 14.7. The molecule has 0 radical (unpaired) electrons. The predicted molar refractivity (Wildman–Crippen MR) is 91.2 cm³/mol. The van der Waals surface area contributed by atoms with Gasteiger partial charge in [0.05, 0.1) is 5.69 Å². The lowest BCUT2D eigenvalue weighted by Crippen LogP contribution is -2.32. The van der Waals surface area contributed by atoms with Gasteiger partial charge in [0.1, 0.15) is 5.69 Å². The van der Waals surface area contributed by atoms with Crippen molar-refractivity contribution < 1.29 is 9.59 Å². The van der Waals surface area contributed by atoms with Crippen LogP contribution in [0.4, 0.5) is 0 Å². The van der Waals surface area contributed by atoms with Crippen molar-refractivity contribution in [2.75, 3.05) is 40.3 Å². The Bertz CT molecular complexity index is 617. The molecule has 3 heterocycles. The van der Waals surface area contributed by atoms with Gasteiger partial charge in [0.2, 0.25) is 0 Å². The van der Waals surface area contributed by atoms with Gasteiger partial charge in [-0.1, -0.05) is 0 Å². The second-order valence-corrected chi connectivity index (χ2v) is 6.90. The molecule has 0 unspecified atom stereocenters. The van der Waals surface area contributed by atoms with Gasteiger partial charge < -0.3 is 19.7 Å². The van der Waals surface area contributed by atoms with Gasteiger partial charge in [-0.25, -0.2) is 4.98 Å². The lowest BCUT2D eigenvalue weighted by atomic mass is 10.1. The molecule has 0 aliphatic carbocycles. The molecule has 1 N–H and O–H groups in total. The molecule has 2 aliphatic rings. The van der Waals surface area contributed by atoms with Crippen LogP contribution in [0.2, 0.25) is 0 Å². The maximum Gasteiger partial charge on any atom is 0.289 e. The molecule has 1 fully saturated rings. The normalized spacial score (nSPS) is 17.2. The van der Waals surface area contributed by atoms with Gasteiger partial charge in [0.25, 0.3) is 11.8 Å². The average molecular weight is 333 g/mol. The van der Waals surface area contributed by atoms with E-state index in [0.29, 0.717) is 18.1 Å². The van der Waals surface area contributed by atoms with E-state index < -0.39 is 0 Å². The first-order valence-corrected chi connectivity index (χ1v) is 8.89. The molecular formula is C17H27N5O2. The molecule has 0 spiro atoms. The molecule has 1 aromatic heterocycles. The summed E-state index contributed by atoms with van der Waals surface area (Å²) in [6.45, 7) is 3.73. The topological polar surface area (TPSA) is 70.5 Å². The Kier molecular flexibility index (Phi) is 5.18. The molecule has 132 valence electrons. The monoisotopic (exact) mass is 333 g/mol. The van der Waals surface area contributed by atoms with Gasteiger partial charge in [-0.15, -0.1) is 0 Å². The number of nitrogens with one attached hydrogen (secondary N) is 1. The number of fused-ring (bicyclic) bond motifs is 1. The lowest BCUT2D eigenvalue weighted by Gasteiger charge is -2.19. The summed E-state index contributed by atoms with van der Waals surface area (Å²) in [5.74, 6) is 0.260. The smallest absolute Gasteiger partial charge is 0.289 e. The van der Waals surface area contributed by atoms with Crippen molar-refractivity contribution in [3.63, 3.8) is 0 Å². The number of imidazole rings is 1. The molecule has 7 nitrogen and oxygen atoms in total. The summed E-state index contributed by atoms with van der Waals surface area (Å²) in [7, 11) is 3.94. The van der Waals surface area contributed by atoms with Crippen LogP contribution in [0.5, 0.6) is 0 Å². The van der Waals surface area contributed by atoms with Crippen LogP contribution in [-0.2, 0) is 13.0 Å². The molecule has 0 bridgehead atoms. The van der Waals surface area contributed by atoms with Crippen LogP contribution >= 0.6 is 0 Å². The Balaban J connectivity index is 1.81. The highest BCUT2D eigenvalue weighted by Crippen LogP contribution is 2.23. The molecule has 0 saturated carbocycles. The van der Waals surface area contributed by atoms with E-state index in [2.05, 4.69) is 10.3 Å². The maximum atomic E-state index is 12.8. The van der Waals surface area contributed by atoms with E-state index in [1.807, 2.05) is 28.5 Å².